The van der Waals surface area contributed by atoms with E-state index >= 15 is 0 Å². The highest BCUT2D eigenvalue weighted by molar-refractivity contribution is 5.79. The predicted octanol–water partition coefficient (Wildman–Crippen LogP) is 2.34. The van der Waals surface area contributed by atoms with Crippen molar-refractivity contribution in [2.75, 3.05) is 32.6 Å². The molecule has 1 unspecified atom stereocenters. The molecule has 0 aliphatic carbocycles. The summed E-state index contributed by atoms with van der Waals surface area (Å²) in [6, 6.07) is 7.49. The number of hydrogen-bond acceptors (Lipinski definition) is 6. The van der Waals surface area contributed by atoms with Crippen molar-refractivity contribution in [2.24, 2.45) is 0 Å². The molecular weight excluding hydrogens is 394 g/mol. The van der Waals surface area contributed by atoms with Gasteiger partial charge in [0, 0.05) is 39.0 Å². The fourth-order valence-electron chi connectivity index (χ4n) is 4.41. The second-order valence-corrected chi connectivity index (χ2v) is 8.07. The van der Waals surface area contributed by atoms with Gasteiger partial charge in [-0.15, -0.1) is 0 Å². The number of amides is 2. The lowest BCUT2D eigenvalue weighted by Gasteiger charge is -2.30. The smallest absolute Gasteiger partial charge is 0.227 e. The van der Waals surface area contributed by atoms with Crippen LogP contribution in [0.4, 0.5) is 5.82 Å². The maximum absolute atomic E-state index is 13.1. The number of anilines is 1. The topological polar surface area (TPSA) is 87.7 Å². The van der Waals surface area contributed by atoms with Crippen molar-refractivity contribution in [3.05, 3.63) is 46.9 Å². The van der Waals surface area contributed by atoms with Gasteiger partial charge in [-0.05, 0) is 30.5 Å². The van der Waals surface area contributed by atoms with E-state index in [0.29, 0.717) is 38.3 Å². The summed E-state index contributed by atoms with van der Waals surface area (Å²) in [5.41, 5.74) is 2.91. The Morgan fingerprint density at radius 3 is 2.65 bits per heavy atom. The van der Waals surface area contributed by atoms with Gasteiger partial charge in [0.2, 0.25) is 11.8 Å². The first-order chi connectivity index (χ1) is 15.0. The van der Waals surface area contributed by atoms with Gasteiger partial charge in [0.1, 0.15) is 11.6 Å². The summed E-state index contributed by atoms with van der Waals surface area (Å²) in [6.45, 7) is 3.48. The number of nitrogens with zero attached hydrogens (tertiary/aromatic N) is 4. The standard InChI is InChI=1S/C23H29N5O3/c1-15(29)27-12-10-19-18(14-27)22(24-2)26-23(25-19)20-5-4-11-28(20)21(30)13-16-6-8-17(31-3)9-7-16/h6-9,20H,4-5,10-14H2,1-3H3,(H,24,25,26). The SMILES string of the molecule is CNc1nc(C2CCCN2C(=O)Cc2ccc(OC)cc2)nc2c1CN(C(C)=O)CC2. The monoisotopic (exact) mass is 423 g/mol. The Hall–Kier alpha value is -3.16. The summed E-state index contributed by atoms with van der Waals surface area (Å²) in [5, 5.41) is 3.17. The van der Waals surface area contributed by atoms with Crippen LogP contribution in [0, 0.1) is 0 Å². The fourth-order valence-corrected chi connectivity index (χ4v) is 4.41. The molecule has 2 aliphatic rings. The average molecular weight is 424 g/mol. The lowest BCUT2D eigenvalue weighted by atomic mass is 10.0. The number of nitrogens with one attached hydrogen (secondary N) is 1. The van der Waals surface area contributed by atoms with Crippen LogP contribution in [-0.4, -0.2) is 58.8 Å². The number of benzene rings is 1. The Kier molecular flexibility index (Phi) is 6.06. The molecule has 4 rings (SSSR count). The molecule has 0 spiro atoms. The molecule has 8 nitrogen and oxygen atoms in total. The van der Waals surface area contributed by atoms with Crippen molar-refractivity contribution in [1.29, 1.82) is 0 Å². The van der Waals surface area contributed by atoms with Gasteiger partial charge >= 0.3 is 0 Å². The Bertz CT molecular complexity index is 959. The summed E-state index contributed by atoms with van der Waals surface area (Å²) in [7, 11) is 3.46. The Labute approximate surface area is 182 Å². The van der Waals surface area contributed by atoms with Gasteiger partial charge < -0.3 is 19.9 Å². The van der Waals surface area contributed by atoms with Gasteiger partial charge in [-0.25, -0.2) is 9.97 Å². The lowest BCUT2D eigenvalue weighted by Crippen LogP contribution is -2.36. The van der Waals surface area contributed by atoms with Gasteiger partial charge in [0.25, 0.3) is 0 Å². The number of rotatable bonds is 5. The normalized spacial score (nSPS) is 18.0. The number of hydrogen-bond donors (Lipinski definition) is 1. The molecule has 0 bridgehead atoms. The van der Waals surface area contributed by atoms with E-state index in [1.807, 2.05) is 41.1 Å². The largest absolute Gasteiger partial charge is 0.497 e. The van der Waals surface area contributed by atoms with Crippen LogP contribution >= 0.6 is 0 Å². The van der Waals surface area contributed by atoms with Crippen LogP contribution in [0.25, 0.3) is 0 Å². The molecule has 1 aromatic heterocycles. The number of fused-ring (bicyclic) bond motifs is 1. The molecule has 2 amide bonds. The van der Waals surface area contributed by atoms with Crippen molar-refractivity contribution in [2.45, 2.75) is 45.2 Å². The molecule has 3 heterocycles. The molecule has 2 aromatic rings. The minimum absolute atomic E-state index is 0.0582. The first-order valence-corrected chi connectivity index (χ1v) is 10.8. The first-order valence-electron chi connectivity index (χ1n) is 10.8. The van der Waals surface area contributed by atoms with Crippen LogP contribution in [0.3, 0.4) is 0 Å². The zero-order valence-corrected chi connectivity index (χ0v) is 18.4. The average Bonchev–Trinajstić information content (AvgIpc) is 3.28. The van der Waals surface area contributed by atoms with E-state index in [0.717, 1.165) is 41.2 Å². The Balaban J connectivity index is 1.55. The second kappa shape index (κ2) is 8.91. The number of carbonyl (C=O) groups excluding carboxylic acids is 2. The maximum Gasteiger partial charge on any atom is 0.227 e. The Morgan fingerprint density at radius 2 is 1.97 bits per heavy atom. The summed E-state index contributed by atoms with van der Waals surface area (Å²) >= 11 is 0. The molecule has 0 saturated carbocycles. The summed E-state index contributed by atoms with van der Waals surface area (Å²) < 4.78 is 5.20. The van der Waals surface area contributed by atoms with Crippen molar-refractivity contribution >= 4 is 17.6 Å². The number of ether oxygens (including phenoxy) is 1. The molecule has 0 radical (unpaired) electrons. The molecular formula is C23H29N5O3. The second-order valence-electron chi connectivity index (χ2n) is 8.07. The zero-order chi connectivity index (χ0) is 22.0. The molecule has 31 heavy (non-hydrogen) atoms. The van der Waals surface area contributed by atoms with E-state index in [1.54, 1.807) is 14.0 Å². The minimum atomic E-state index is -0.117. The van der Waals surface area contributed by atoms with Crippen LogP contribution in [0.5, 0.6) is 5.75 Å². The quantitative estimate of drug-likeness (QED) is 0.794. The van der Waals surface area contributed by atoms with Crippen molar-refractivity contribution in [3.8, 4) is 5.75 Å². The third kappa shape index (κ3) is 4.33. The van der Waals surface area contributed by atoms with Gasteiger partial charge in [0.05, 0.1) is 31.8 Å². The highest BCUT2D eigenvalue weighted by atomic mass is 16.5. The van der Waals surface area contributed by atoms with Crippen molar-refractivity contribution in [1.82, 2.24) is 19.8 Å². The van der Waals surface area contributed by atoms with Crippen LogP contribution in [0.15, 0.2) is 24.3 Å². The summed E-state index contributed by atoms with van der Waals surface area (Å²) in [6.07, 6.45) is 2.84. The third-order valence-corrected chi connectivity index (χ3v) is 6.15. The van der Waals surface area contributed by atoms with Crippen LogP contribution in [0.1, 0.15) is 48.5 Å². The highest BCUT2D eigenvalue weighted by Crippen LogP contribution is 2.33. The molecule has 1 N–H and O–H groups in total. The fraction of sp³-hybridized carbons (Fsp3) is 0.478. The van der Waals surface area contributed by atoms with E-state index in [1.165, 1.54) is 0 Å². The molecule has 1 saturated heterocycles. The molecule has 1 atom stereocenters. The van der Waals surface area contributed by atoms with Gasteiger partial charge in [-0.3, -0.25) is 9.59 Å². The number of likely N-dealkylation sites (tertiary alicyclic amines) is 1. The Morgan fingerprint density at radius 1 is 1.19 bits per heavy atom. The number of carbonyl (C=O) groups is 2. The lowest BCUT2D eigenvalue weighted by molar-refractivity contribution is -0.132. The van der Waals surface area contributed by atoms with Crippen LogP contribution in [0.2, 0.25) is 0 Å². The van der Waals surface area contributed by atoms with E-state index in [9.17, 15) is 9.59 Å². The summed E-state index contributed by atoms with van der Waals surface area (Å²) in [4.78, 5) is 38.3. The van der Waals surface area contributed by atoms with E-state index < -0.39 is 0 Å². The zero-order valence-electron chi connectivity index (χ0n) is 18.4. The molecule has 2 aliphatic heterocycles. The minimum Gasteiger partial charge on any atom is -0.497 e. The van der Waals surface area contributed by atoms with Gasteiger partial charge in [0.15, 0.2) is 5.82 Å². The van der Waals surface area contributed by atoms with Crippen molar-refractivity contribution < 1.29 is 14.3 Å². The van der Waals surface area contributed by atoms with E-state index in [4.69, 9.17) is 14.7 Å². The maximum atomic E-state index is 13.1. The van der Waals surface area contributed by atoms with E-state index in [-0.39, 0.29) is 17.9 Å². The molecule has 1 aromatic carbocycles. The molecule has 1 fully saturated rings. The number of methoxy groups -OCH3 is 1. The predicted molar refractivity (Wildman–Crippen MR) is 117 cm³/mol. The molecule has 164 valence electrons. The van der Waals surface area contributed by atoms with E-state index in [2.05, 4.69) is 5.32 Å². The van der Waals surface area contributed by atoms with Gasteiger partial charge in [-0.1, -0.05) is 12.1 Å². The van der Waals surface area contributed by atoms with Crippen LogP contribution in [-0.2, 0) is 29.0 Å². The first kappa shape index (κ1) is 21.1. The third-order valence-electron chi connectivity index (χ3n) is 6.15. The summed E-state index contributed by atoms with van der Waals surface area (Å²) in [5.74, 6) is 2.37. The van der Waals surface area contributed by atoms with Crippen LogP contribution < -0.4 is 10.1 Å². The molecule has 8 heteroatoms. The van der Waals surface area contributed by atoms with Crippen molar-refractivity contribution in [3.63, 3.8) is 0 Å². The van der Waals surface area contributed by atoms with Gasteiger partial charge in [-0.2, -0.15) is 0 Å². The number of aromatic nitrogens is 2. The highest BCUT2D eigenvalue weighted by Gasteiger charge is 2.34.